The van der Waals surface area contributed by atoms with E-state index in [1.807, 2.05) is 0 Å². The standard InChI is InChI=1S/C4H4BrN3/c5-3-1-2-7-4(6)8-3/h1-2H,(H2,6,7,8). The molecule has 4 heteroatoms. The minimum Gasteiger partial charge on any atom is -0.368 e. The third-order valence-electron chi connectivity index (χ3n) is 0.640. The van der Waals surface area contributed by atoms with E-state index in [4.69, 9.17) is 5.73 Å². The van der Waals surface area contributed by atoms with Crippen LogP contribution in [0.1, 0.15) is 0 Å². The van der Waals surface area contributed by atoms with Crippen LogP contribution in [0.2, 0.25) is 0 Å². The molecule has 0 spiro atoms. The lowest BCUT2D eigenvalue weighted by molar-refractivity contribution is 1.16. The van der Waals surface area contributed by atoms with Crippen LogP contribution in [-0.2, 0) is 0 Å². The molecule has 0 aromatic carbocycles. The summed E-state index contributed by atoms with van der Waals surface area (Å²) in [5.74, 6) is 0.291. The van der Waals surface area contributed by atoms with Gasteiger partial charge in [-0.1, -0.05) is 0 Å². The second-order valence-electron chi connectivity index (χ2n) is 1.24. The van der Waals surface area contributed by atoms with Crippen molar-refractivity contribution < 1.29 is 0 Å². The van der Waals surface area contributed by atoms with E-state index in [2.05, 4.69) is 25.9 Å². The largest absolute Gasteiger partial charge is 0.368 e. The molecule has 0 saturated carbocycles. The zero-order valence-corrected chi connectivity index (χ0v) is 5.59. The number of nitrogen functional groups attached to an aromatic ring is 1. The Morgan fingerprint density at radius 2 is 2.38 bits per heavy atom. The van der Waals surface area contributed by atoms with Gasteiger partial charge in [0, 0.05) is 6.20 Å². The van der Waals surface area contributed by atoms with Gasteiger partial charge in [-0.05, 0) is 22.0 Å². The third-order valence-corrected chi connectivity index (χ3v) is 1.08. The molecule has 0 amide bonds. The van der Waals surface area contributed by atoms with Gasteiger partial charge < -0.3 is 5.73 Å². The van der Waals surface area contributed by atoms with E-state index in [-0.39, 0.29) is 0 Å². The summed E-state index contributed by atoms with van der Waals surface area (Å²) in [5, 5.41) is 0. The highest BCUT2D eigenvalue weighted by molar-refractivity contribution is 9.10. The Morgan fingerprint density at radius 3 is 2.75 bits per heavy atom. The maximum absolute atomic E-state index is 5.21. The van der Waals surface area contributed by atoms with Crippen LogP contribution >= 0.6 is 15.9 Å². The normalized spacial score (nSPS) is 9.12. The highest BCUT2D eigenvalue weighted by atomic mass is 79.9. The van der Waals surface area contributed by atoms with Crippen LogP contribution in [0, 0.1) is 0 Å². The quantitative estimate of drug-likeness (QED) is 0.592. The fourth-order valence-corrected chi connectivity index (χ4v) is 0.651. The van der Waals surface area contributed by atoms with E-state index in [0.717, 1.165) is 0 Å². The van der Waals surface area contributed by atoms with Gasteiger partial charge in [0.2, 0.25) is 5.95 Å². The van der Waals surface area contributed by atoms with Crippen molar-refractivity contribution in [1.82, 2.24) is 9.97 Å². The van der Waals surface area contributed by atoms with Crippen molar-refractivity contribution >= 4 is 21.9 Å². The number of anilines is 1. The molecule has 1 aromatic heterocycles. The van der Waals surface area contributed by atoms with Gasteiger partial charge in [-0.15, -0.1) is 0 Å². The Hall–Kier alpha value is -0.640. The van der Waals surface area contributed by atoms with Crippen molar-refractivity contribution in [2.45, 2.75) is 0 Å². The predicted octanol–water partition coefficient (Wildman–Crippen LogP) is 0.821. The van der Waals surface area contributed by atoms with Crippen LogP contribution < -0.4 is 5.73 Å². The van der Waals surface area contributed by atoms with Crippen LogP contribution in [-0.4, -0.2) is 9.97 Å². The molecule has 0 bridgehead atoms. The molecule has 0 radical (unpaired) electrons. The smallest absolute Gasteiger partial charge is 0.221 e. The molecule has 42 valence electrons. The van der Waals surface area contributed by atoms with E-state index < -0.39 is 0 Å². The molecule has 0 fully saturated rings. The monoisotopic (exact) mass is 173 g/mol. The Morgan fingerprint density at radius 1 is 1.62 bits per heavy atom. The molecule has 3 nitrogen and oxygen atoms in total. The van der Waals surface area contributed by atoms with Crippen LogP contribution in [0.4, 0.5) is 5.95 Å². The number of halogens is 1. The molecule has 0 aliphatic heterocycles. The molecular formula is C4H4BrN3. The molecule has 0 aliphatic carbocycles. The molecular weight excluding hydrogens is 170 g/mol. The summed E-state index contributed by atoms with van der Waals surface area (Å²) in [6.07, 6.45) is 1.59. The number of hydrogen-bond acceptors (Lipinski definition) is 3. The number of hydrogen-bond donors (Lipinski definition) is 1. The van der Waals surface area contributed by atoms with Gasteiger partial charge >= 0.3 is 0 Å². The average Bonchev–Trinajstić information content (AvgIpc) is 1.64. The topological polar surface area (TPSA) is 51.8 Å². The second-order valence-corrected chi connectivity index (χ2v) is 2.05. The van der Waals surface area contributed by atoms with Crippen molar-refractivity contribution in [1.29, 1.82) is 0 Å². The van der Waals surface area contributed by atoms with E-state index in [9.17, 15) is 0 Å². The Balaban J connectivity index is 3.08. The number of rotatable bonds is 0. The Kier molecular flexibility index (Phi) is 1.43. The number of nitrogens with two attached hydrogens (primary N) is 1. The van der Waals surface area contributed by atoms with E-state index in [1.165, 1.54) is 0 Å². The van der Waals surface area contributed by atoms with Crippen molar-refractivity contribution in [3.05, 3.63) is 16.9 Å². The summed E-state index contributed by atoms with van der Waals surface area (Å²) in [7, 11) is 0. The SMILES string of the molecule is Nc1nccc(Br)n1. The average molecular weight is 174 g/mol. The Labute approximate surface area is 55.1 Å². The highest BCUT2D eigenvalue weighted by Crippen LogP contribution is 2.03. The first-order valence-corrected chi connectivity index (χ1v) is 2.82. The molecule has 1 heterocycles. The lowest BCUT2D eigenvalue weighted by atomic mass is 10.7. The van der Waals surface area contributed by atoms with Crippen LogP contribution in [0.25, 0.3) is 0 Å². The fraction of sp³-hybridized carbons (Fsp3) is 0. The number of aromatic nitrogens is 2. The van der Waals surface area contributed by atoms with Gasteiger partial charge in [-0.2, -0.15) is 0 Å². The van der Waals surface area contributed by atoms with Gasteiger partial charge in [0.25, 0.3) is 0 Å². The molecule has 8 heavy (non-hydrogen) atoms. The fourth-order valence-electron chi connectivity index (χ4n) is 0.351. The molecule has 2 N–H and O–H groups in total. The maximum Gasteiger partial charge on any atom is 0.221 e. The summed E-state index contributed by atoms with van der Waals surface area (Å²) in [5.41, 5.74) is 5.21. The number of nitrogens with zero attached hydrogens (tertiary/aromatic N) is 2. The van der Waals surface area contributed by atoms with Crippen molar-refractivity contribution in [2.24, 2.45) is 0 Å². The van der Waals surface area contributed by atoms with Crippen molar-refractivity contribution in [3.63, 3.8) is 0 Å². The van der Waals surface area contributed by atoms with Gasteiger partial charge in [0.05, 0.1) is 0 Å². The Bertz CT molecular complexity index is 171. The summed E-state index contributed by atoms with van der Waals surface area (Å²) in [6.45, 7) is 0. The van der Waals surface area contributed by atoms with Crippen molar-refractivity contribution in [2.75, 3.05) is 5.73 Å². The van der Waals surface area contributed by atoms with Crippen LogP contribution in [0.15, 0.2) is 16.9 Å². The molecule has 0 saturated heterocycles. The summed E-state index contributed by atoms with van der Waals surface area (Å²) in [6, 6.07) is 1.72. The van der Waals surface area contributed by atoms with Gasteiger partial charge in [-0.25, -0.2) is 9.97 Å². The molecule has 0 unspecified atom stereocenters. The van der Waals surface area contributed by atoms with E-state index >= 15 is 0 Å². The minimum atomic E-state index is 0.291. The first-order chi connectivity index (χ1) is 3.79. The molecule has 1 aromatic rings. The maximum atomic E-state index is 5.21. The summed E-state index contributed by atoms with van der Waals surface area (Å²) < 4.78 is 0.713. The van der Waals surface area contributed by atoms with Gasteiger partial charge in [-0.3, -0.25) is 0 Å². The van der Waals surface area contributed by atoms with Crippen LogP contribution in [0.5, 0.6) is 0 Å². The van der Waals surface area contributed by atoms with Crippen molar-refractivity contribution in [3.8, 4) is 0 Å². The molecule has 0 aliphatic rings. The van der Waals surface area contributed by atoms with E-state index in [0.29, 0.717) is 10.6 Å². The lowest BCUT2D eigenvalue weighted by Gasteiger charge is -1.87. The van der Waals surface area contributed by atoms with E-state index in [1.54, 1.807) is 12.3 Å². The zero-order valence-electron chi connectivity index (χ0n) is 4.00. The minimum absolute atomic E-state index is 0.291. The highest BCUT2D eigenvalue weighted by Gasteiger charge is 1.85. The molecule has 0 atom stereocenters. The third kappa shape index (κ3) is 1.16. The first kappa shape index (κ1) is 5.50. The second kappa shape index (κ2) is 2.09. The summed E-state index contributed by atoms with van der Waals surface area (Å²) >= 11 is 3.13. The predicted molar refractivity (Wildman–Crippen MR) is 34.1 cm³/mol. The zero-order chi connectivity index (χ0) is 5.98. The van der Waals surface area contributed by atoms with Crippen LogP contribution in [0.3, 0.4) is 0 Å². The first-order valence-electron chi connectivity index (χ1n) is 2.03. The lowest BCUT2D eigenvalue weighted by Crippen LogP contribution is -1.92. The van der Waals surface area contributed by atoms with Gasteiger partial charge in [0.15, 0.2) is 0 Å². The summed E-state index contributed by atoms with van der Waals surface area (Å²) in [4.78, 5) is 7.43. The van der Waals surface area contributed by atoms with Gasteiger partial charge in [0.1, 0.15) is 4.60 Å². The molecule has 1 rings (SSSR count).